The van der Waals surface area contributed by atoms with Gasteiger partial charge in [0.1, 0.15) is 0 Å². The Bertz CT molecular complexity index is 504. The van der Waals surface area contributed by atoms with Crippen LogP contribution in [-0.2, 0) is 16.0 Å². The van der Waals surface area contributed by atoms with Crippen LogP contribution in [0.1, 0.15) is 5.56 Å². The van der Waals surface area contributed by atoms with Gasteiger partial charge in [0, 0.05) is 30.6 Å². The minimum atomic E-state index is -0.935. The predicted octanol–water partition coefficient (Wildman–Crippen LogP) is 1.81. The lowest BCUT2D eigenvalue weighted by atomic mass is 10.0. The zero-order valence-corrected chi connectivity index (χ0v) is 8.93. The summed E-state index contributed by atoms with van der Waals surface area (Å²) in [4.78, 5) is 14.0. The summed E-state index contributed by atoms with van der Waals surface area (Å²) in [5.41, 5.74) is 1.99. The van der Waals surface area contributed by atoms with E-state index < -0.39 is 12.1 Å². The largest absolute Gasteiger partial charge is 0.479 e. The first-order chi connectivity index (χ1) is 7.72. The minimum Gasteiger partial charge on any atom is -0.479 e. The van der Waals surface area contributed by atoms with Crippen LogP contribution >= 0.6 is 0 Å². The van der Waals surface area contributed by atoms with Crippen molar-refractivity contribution < 1.29 is 14.6 Å². The lowest BCUT2D eigenvalue weighted by molar-refractivity contribution is -0.148. The van der Waals surface area contributed by atoms with Gasteiger partial charge >= 0.3 is 5.97 Å². The summed E-state index contributed by atoms with van der Waals surface area (Å²) in [5.74, 6) is -0.935. The van der Waals surface area contributed by atoms with Gasteiger partial charge in [-0.1, -0.05) is 12.1 Å². The maximum Gasteiger partial charge on any atom is 0.333 e. The summed E-state index contributed by atoms with van der Waals surface area (Å²) in [6.45, 7) is 0. The molecule has 1 aromatic carbocycles. The molecule has 1 aromatic heterocycles. The monoisotopic (exact) mass is 219 g/mol. The second kappa shape index (κ2) is 4.37. The zero-order chi connectivity index (χ0) is 11.5. The van der Waals surface area contributed by atoms with Crippen molar-refractivity contribution >= 4 is 16.9 Å². The van der Waals surface area contributed by atoms with Crippen LogP contribution in [0, 0.1) is 0 Å². The highest BCUT2D eigenvalue weighted by atomic mass is 16.5. The molecule has 0 bridgehead atoms. The molecule has 1 unspecified atom stereocenters. The molecule has 0 aliphatic carbocycles. The molecule has 0 fully saturated rings. The lowest BCUT2D eigenvalue weighted by Gasteiger charge is -2.10. The molecule has 0 saturated carbocycles. The number of H-pyrrole nitrogens is 1. The Balaban J connectivity index is 2.33. The summed E-state index contributed by atoms with van der Waals surface area (Å²) < 4.78 is 4.93. The molecule has 0 spiro atoms. The first-order valence-electron chi connectivity index (χ1n) is 5.03. The third-order valence-electron chi connectivity index (χ3n) is 2.65. The highest BCUT2D eigenvalue weighted by molar-refractivity contribution is 5.84. The Morgan fingerprint density at radius 1 is 1.50 bits per heavy atom. The lowest BCUT2D eigenvalue weighted by Crippen LogP contribution is -2.24. The number of aliphatic carboxylic acids is 1. The molecule has 1 atom stereocenters. The Labute approximate surface area is 92.9 Å². The number of aromatic nitrogens is 1. The van der Waals surface area contributed by atoms with E-state index in [1.54, 1.807) is 0 Å². The van der Waals surface area contributed by atoms with Gasteiger partial charge in [0.05, 0.1) is 0 Å². The number of aromatic amines is 1. The fourth-order valence-corrected chi connectivity index (χ4v) is 1.80. The molecule has 0 aliphatic heterocycles. The van der Waals surface area contributed by atoms with Crippen molar-refractivity contribution in [3.8, 4) is 0 Å². The SMILES string of the molecule is COC(Cc1cccc2[nH]ccc12)C(=O)O. The second-order valence-corrected chi connectivity index (χ2v) is 3.62. The number of hydrogen-bond acceptors (Lipinski definition) is 2. The fourth-order valence-electron chi connectivity index (χ4n) is 1.80. The number of ether oxygens (including phenoxy) is 1. The standard InChI is InChI=1S/C12H13NO3/c1-16-11(12(14)15)7-8-3-2-4-10-9(8)5-6-13-10/h2-6,11,13H,7H2,1H3,(H,14,15). The molecule has 2 aromatic rings. The first kappa shape index (κ1) is 10.7. The van der Waals surface area contributed by atoms with E-state index in [0.29, 0.717) is 6.42 Å². The average Bonchev–Trinajstić information content (AvgIpc) is 2.73. The first-order valence-corrected chi connectivity index (χ1v) is 5.03. The van der Waals surface area contributed by atoms with Gasteiger partial charge in [-0.2, -0.15) is 0 Å². The third-order valence-corrected chi connectivity index (χ3v) is 2.65. The molecule has 0 aliphatic rings. The summed E-state index contributed by atoms with van der Waals surface area (Å²) in [6, 6.07) is 7.73. The normalized spacial score (nSPS) is 12.8. The van der Waals surface area contributed by atoms with E-state index in [4.69, 9.17) is 9.84 Å². The van der Waals surface area contributed by atoms with Crippen molar-refractivity contribution in [3.05, 3.63) is 36.0 Å². The molecule has 84 valence electrons. The van der Waals surface area contributed by atoms with Gasteiger partial charge in [0.25, 0.3) is 0 Å². The van der Waals surface area contributed by atoms with Crippen molar-refractivity contribution in [3.63, 3.8) is 0 Å². The maximum absolute atomic E-state index is 10.9. The van der Waals surface area contributed by atoms with Gasteiger partial charge in [-0.25, -0.2) is 4.79 Å². The number of hydrogen-bond donors (Lipinski definition) is 2. The van der Waals surface area contributed by atoms with Gasteiger partial charge in [-0.05, 0) is 17.7 Å². The van der Waals surface area contributed by atoms with Crippen molar-refractivity contribution in [2.24, 2.45) is 0 Å². The van der Waals surface area contributed by atoms with E-state index >= 15 is 0 Å². The summed E-state index contributed by atoms with van der Waals surface area (Å²) in [7, 11) is 1.41. The van der Waals surface area contributed by atoms with E-state index in [1.807, 2.05) is 30.5 Å². The molecule has 2 N–H and O–H groups in total. The summed E-state index contributed by atoms with van der Waals surface area (Å²) >= 11 is 0. The van der Waals surface area contributed by atoms with Gasteiger partial charge < -0.3 is 14.8 Å². The molecular weight excluding hydrogens is 206 g/mol. The molecule has 4 heteroatoms. The van der Waals surface area contributed by atoms with Crippen LogP contribution in [0.4, 0.5) is 0 Å². The fraction of sp³-hybridized carbons (Fsp3) is 0.250. The Hall–Kier alpha value is -1.81. The molecular formula is C12H13NO3. The average molecular weight is 219 g/mol. The minimum absolute atomic E-state index is 0.376. The van der Waals surface area contributed by atoms with Crippen LogP contribution in [0.15, 0.2) is 30.5 Å². The van der Waals surface area contributed by atoms with Crippen LogP contribution < -0.4 is 0 Å². The Kier molecular flexibility index (Phi) is 2.92. The molecule has 4 nitrogen and oxygen atoms in total. The van der Waals surface area contributed by atoms with Crippen LogP contribution in [-0.4, -0.2) is 29.3 Å². The van der Waals surface area contributed by atoms with Gasteiger partial charge in [-0.3, -0.25) is 0 Å². The Morgan fingerprint density at radius 2 is 2.31 bits per heavy atom. The number of carboxylic acids is 1. The van der Waals surface area contributed by atoms with Gasteiger partial charge in [-0.15, -0.1) is 0 Å². The van der Waals surface area contributed by atoms with E-state index in [2.05, 4.69) is 4.98 Å². The van der Waals surface area contributed by atoms with E-state index in [0.717, 1.165) is 16.5 Å². The van der Waals surface area contributed by atoms with Crippen molar-refractivity contribution in [1.29, 1.82) is 0 Å². The predicted molar refractivity (Wildman–Crippen MR) is 60.4 cm³/mol. The topological polar surface area (TPSA) is 62.3 Å². The number of rotatable bonds is 4. The zero-order valence-electron chi connectivity index (χ0n) is 8.93. The van der Waals surface area contributed by atoms with Crippen molar-refractivity contribution in [2.75, 3.05) is 7.11 Å². The molecule has 1 heterocycles. The second-order valence-electron chi connectivity index (χ2n) is 3.62. The smallest absolute Gasteiger partial charge is 0.333 e. The maximum atomic E-state index is 10.9. The van der Waals surface area contributed by atoms with Crippen LogP contribution in [0.2, 0.25) is 0 Å². The molecule has 2 rings (SSSR count). The quantitative estimate of drug-likeness (QED) is 0.824. The highest BCUT2D eigenvalue weighted by Gasteiger charge is 2.17. The van der Waals surface area contributed by atoms with E-state index in [1.165, 1.54) is 7.11 Å². The number of carboxylic acid groups (broad SMARTS) is 1. The van der Waals surface area contributed by atoms with Gasteiger partial charge in [0.2, 0.25) is 0 Å². The van der Waals surface area contributed by atoms with Crippen LogP contribution in [0.25, 0.3) is 10.9 Å². The number of methoxy groups -OCH3 is 1. The van der Waals surface area contributed by atoms with Gasteiger partial charge in [0.15, 0.2) is 6.10 Å². The number of carbonyl (C=O) groups is 1. The Morgan fingerprint density at radius 3 is 3.00 bits per heavy atom. The number of benzene rings is 1. The number of fused-ring (bicyclic) bond motifs is 1. The molecule has 0 radical (unpaired) electrons. The molecule has 0 amide bonds. The van der Waals surface area contributed by atoms with E-state index in [9.17, 15) is 4.79 Å². The summed E-state index contributed by atoms with van der Waals surface area (Å²) in [6.07, 6.45) is 1.43. The number of nitrogens with one attached hydrogen (secondary N) is 1. The van der Waals surface area contributed by atoms with Crippen LogP contribution in [0.5, 0.6) is 0 Å². The van der Waals surface area contributed by atoms with Crippen molar-refractivity contribution in [1.82, 2.24) is 4.98 Å². The molecule has 0 saturated heterocycles. The van der Waals surface area contributed by atoms with Crippen LogP contribution in [0.3, 0.4) is 0 Å². The summed E-state index contributed by atoms with van der Waals surface area (Å²) in [5, 5.41) is 9.97. The third kappa shape index (κ3) is 1.92. The van der Waals surface area contributed by atoms with E-state index in [-0.39, 0.29) is 0 Å². The van der Waals surface area contributed by atoms with Crippen molar-refractivity contribution in [2.45, 2.75) is 12.5 Å². The highest BCUT2D eigenvalue weighted by Crippen LogP contribution is 2.19. The molecule has 16 heavy (non-hydrogen) atoms.